The third-order valence-electron chi connectivity index (χ3n) is 4.87. The number of amides is 1. The minimum Gasteiger partial charge on any atom is -0.494 e. The molecule has 0 aliphatic heterocycles. The Morgan fingerprint density at radius 3 is 2.41 bits per heavy atom. The van der Waals surface area contributed by atoms with Gasteiger partial charge in [-0.3, -0.25) is 9.36 Å². The summed E-state index contributed by atoms with van der Waals surface area (Å²) < 4.78 is 12.1. The van der Waals surface area contributed by atoms with Crippen LogP contribution in [0.2, 0.25) is 0 Å². The molecule has 2 N–H and O–H groups in total. The number of ether oxygens (including phenoxy) is 2. The Hall–Kier alpha value is -4.33. The first-order valence-corrected chi connectivity index (χ1v) is 9.88. The maximum absolute atomic E-state index is 12.4. The van der Waals surface area contributed by atoms with Gasteiger partial charge >= 0.3 is 5.97 Å². The van der Waals surface area contributed by atoms with Crippen LogP contribution < -0.4 is 10.1 Å². The summed E-state index contributed by atoms with van der Waals surface area (Å²) in [5.74, 6) is -0.200. The molecule has 0 spiro atoms. The molecule has 2 aromatic carbocycles. The average Bonchev–Trinajstić information content (AvgIpc) is 3.09. The third kappa shape index (κ3) is 4.39. The fraction of sp³-hybridized carbons (Fsp3) is 0.125. The van der Waals surface area contributed by atoms with Crippen LogP contribution >= 0.6 is 0 Å². The number of methoxy groups -OCH3 is 1. The van der Waals surface area contributed by atoms with Crippen molar-refractivity contribution in [2.75, 3.05) is 19.0 Å². The van der Waals surface area contributed by atoms with E-state index in [0.717, 1.165) is 5.56 Å². The molecule has 0 aliphatic carbocycles. The van der Waals surface area contributed by atoms with E-state index >= 15 is 0 Å². The van der Waals surface area contributed by atoms with Crippen LogP contribution in [0, 0.1) is 0 Å². The first-order chi connectivity index (χ1) is 15.6. The molecule has 4 aromatic rings. The molecule has 0 unspecified atom stereocenters. The molecule has 0 aliphatic rings. The third-order valence-corrected chi connectivity index (χ3v) is 4.87. The molecule has 8 heteroatoms. The molecule has 0 fully saturated rings. The molecule has 0 saturated heterocycles. The number of pyridine rings is 1. The lowest BCUT2D eigenvalue weighted by molar-refractivity contribution is -0.118. The van der Waals surface area contributed by atoms with Gasteiger partial charge in [0, 0.05) is 17.0 Å². The molecular formula is C24H21N3O5. The minimum atomic E-state index is -0.510. The molecular weight excluding hydrogens is 410 g/mol. The summed E-state index contributed by atoms with van der Waals surface area (Å²) in [6.07, 6.45) is 1.32. The van der Waals surface area contributed by atoms with E-state index in [1.807, 2.05) is 48.5 Å². The number of carbonyl (C=O) groups excluding carboxylic acids is 2. The highest BCUT2D eigenvalue weighted by Gasteiger charge is 2.19. The molecule has 8 nitrogen and oxygen atoms in total. The van der Waals surface area contributed by atoms with E-state index in [-0.39, 0.29) is 23.9 Å². The van der Waals surface area contributed by atoms with Gasteiger partial charge in [-0.1, -0.05) is 42.5 Å². The molecule has 0 radical (unpaired) electrons. The molecule has 4 rings (SSSR count). The van der Waals surface area contributed by atoms with Gasteiger partial charge in [-0.2, -0.15) is 0 Å². The van der Waals surface area contributed by atoms with E-state index in [2.05, 4.69) is 15.0 Å². The Balaban J connectivity index is 1.51. The lowest BCUT2D eigenvalue weighted by atomic mass is 10.2. The fourth-order valence-electron chi connectivity index (χ4n) is 3.34. The number of aromatic hydroxyl groups is 1. The van der Waals surface area contributed by atoms with Gasteiger partial charge in [-0.25, -0.2) is 9.78 Å². The summed E-state index contributed by atoms with van der Waals surface area (Å²) in [6.45, 7) is 0.0948. The molecule has 162 valence electrons. The van der Waals surface area contributed by atoms with Crippen molar-refractivity contribution in [2.45, 2.75) is 6.54 Å². The number of hydrogen-bond donors (Lipinski definition) is 2. The topological polar surface area (TPSA) is 103 Å². The summed E-state index contributed by atoms with van der Waals surface area (Å²) in [5.41, 5.74) is 1.26. The highest BCUT2D eigenvalue weighted by atomic mass is 16.5. The summed E-state index contributed by atoms with van der Waals surface area (Å²) in [7, 11) is 1.28. The first kappa shape index (κ1) is 20.9. The highest BCUT2D eigenvalue weighted by Crippen LogP contribution is 2.37. The zero-order chi connectivity index (χ0) is 22.5. The standard InChI is InChI=1S/C24H21N3O5/c1-31-24(30)17-11-12-20(25-13-17)26-21(28)15-32-23-19-10-6-5-9-18(19)22(29)27(23)14-16-7-3-2-4-8-16/h2-13,29H,14-15H2,1H3,(H,25,26,28). The minimum absolute atomic E-state index is 0.0694. The molecule has 0 saturated carbocycles. The van der Waals surface area contributed by atoms with Gasteiger partial charge in [-0.05, 0) is 29.8 Å². The summed E-state index contributed by atoms with van der Waals surface area (Å²) >= 11 is 0. The van der Waals surface area contributed by atoms with E-state index in [1.165, 1.54) is 25.4 Å². The second-order valence-corrected chi connectivity index (χ2v) is 7.01. The number of hydrogen-bond acceptors (Lipinski definition) is 6. The van der Waals surface area contributed by atoms with E-state index in [0.29, 0.717) is 23.2 Å². The molecule has 1 amide bonds. The predicted octanol–water partition coefficient (Wildman–Crippen LogP) is 3.59. The number of nitrogens with zero attached hydrogens (tertiary/aromatic N) is 2. The van der Waals surface area contributed by atoms with E-state index < -0.39 is 11.9 Å². The van der Waals surface area contributed by atoms with Gasteiger partial charge in [0.1, 0.15) is 5.82 Å². The van der Waals surface area contributed by atoms with Crippen LogP contribution in [0.15, 0.2) is 72.9 Å². The number of nitrogens with one attached hydrogen (secondary N) is 1. The zero-order valence-corrected chi connectivity index (χ0v) is 17.3. The lowest BCUT2D eigenvalue weighted by Gasteiger charge is -2.12. The second kappa shape index (κ2) is 9.22. The lowest BCUT2D eigenvalue weighted by Crippen LogP contribution is -2.21. The second-order valence-electron chi connectivity index (χ2n) is 7.01. The van der Waals surface area contributed by atoms with Gasteiger partial charge in [0.15, 0.2) is 6.61 Å². The van der Waals surface area contributed by atoms with Crippen molar-refractivity contribution in [3.8, 4) is 11.8 Å². The highest BCUT2D eigenvalue weighted by molar-refractivity contribution is 5.95. The number of rotatable bonds is 7. The Morgan fingerprint density at radius 1 is 1.00 bits per heavy atom. The smallest absolute Gasteiger partial charge is 0.339 e. The number of fused-ring (bicyclic) bond motifs is 1. The number of anilines is 1. The molecule has 32 heavy (non-hydrogen) atoms. The largest absolute Gasteiger partial charge is 0.494 e. The maximum Gasteiger partial charge on any atom is 0.339 e. The van der Waals surface area contributed by atoms with Crippen molar-refractivity contribution in [2.24, 2.45) is 0 Å². The van der Waals surface area contributed by atoms with Crippen molar-refractivity contribution in [1.29, 1.82) is 0 Å². The first-order valence-electron chi connectivity index (χ1n) is 9.88. The van der Waals surface area contributed by atoms with Crippen molar-refractivity contribution in [1.82, 2.24) is 9.55 Å². The Bertz CT molecular complexity index is 1250. The van der Waals surface area contributed by atoms with Crippen LogP contribution in [0.3, 0.4) is 0 Å². The Labute approximate surface area is 184 Å². The monoisotopic (exact) mass is 431 g/mol. The summed E-state index contributed by atoms with van der Waals surface area (Å²) in [4.78, 5) is 28.0. The Morgan fingerprint density at radius 2 is 1.72 bits per heavy atom. The van der Waals surface area contributed by atoms with Crippen molar-refractivity contribution >= 4 is 28.5 Å². The van der Waals surface area contributed by atoms with Gasteiger partial charge < -0.3 is 19.9 Å². The van der Waals surface area contributed by atoms with Crippen LogP contribution in [0.4, 0.5) is 5.82 Å². The average molecular weight is 431 g/mol. The van der Waals surface area contributed by atoms with E-state index in [4.69, 9.17) is 4.74 Å². The molecule has 0 bridgehead atoms. The Kier molecular flexibility index (Phi) is 6.03. The van der Waals surface area contributed by atoms with Crippen molar-refractivity contribution in [3.05, 3.63) is 84.1 Å². The van der Waals surface area contributed by atoms with Crippen LogP contribution in [-0.4, -0.2) is 40.3 Å². The maximum atomic E-state index is 12.4. The predicted molar refractivity (Wildman–Crippen MR) is 119 cm³/mol. The molecule has 0 atom stereocenters. The van der Waals surface area contributed by atoms with Crippen LogP contribution in [0.5, 0.6) is 11.8 Å². The fourth-order valence-corrected chi connectivity index (χ4v) is 3.34. The van der Waals surface area contributed by atoms with Gasteiger partial charge in [0.2, 0.25) is 11.8 Å². The molecule has 2 aromatic heterocycles. The van der Waals surface area contributed by atoms with Crippen molar-refractivity contribution < 1.29 is 24.2 Å². The van der Waals surface area contributed by atoms with E-state index in [9.17, 15) is 14.7 Å². The van der Waals surface area contributed by atoms with Gasteiger partial charge in [-0.15, -0.1) is 0 Å². The van der Waals surface area contributed by atoms with Crippen LogP contribution in [-0.2, 0) is 16.1 Å². The van der Waals surface area contributed by atoms with Gasteiger partial charge in [0.25, 0.3) is 5.91 Å². The van der Waals surface area contributed by atoms with Gasteiger partial charge in [0.05, 0.1) is 19.2 Å². The van der Waals surface area contributed by atoms with Crippen LogP contribution in [0.1, 0.15) is 15.9 Å². The quantitative estimate of drug-likeness (QED) is 0.434. The number of esters is 1. The molecule has 2 heterocycles. The normalized spacial score (nSPS) is 10.7. The summed E-state index contributed by atoms with van der Waals surface area (Å²) in [6, 6.07) is 20.0. The summed E-state index contributed by atoms with van der Waals surface area (Å²) in [5, 5.41) is 14.7. The number of aromatic nitrogens is 2. The zero-order valence-electron chi connectivity index (χ0n) is 17.3. The van der Waals surface area contributed by atoms with Crippen LogP contribution in [0.25, 0.3) is 10.8 Å². The number of benzene rings is 2. The SMILES string of the molecule is COC(=O)c1ccc(NC(=O)COc2c3ccccc3c(O)n2Cc2ccccc2)nc1. The number of carbonyl (C=O) groups is 2. The van der Waals surface area contributed by atoms with E-state index in [1.54, 1.807) is 10.6 Å². The van der Waals surface area contributed by atoms with Crippen molar-refractivity contribution in [3.63, 3.8) is 0 Å².